The lowest BCUT2D eigenvalue weighted by Crippen LogP contribution is -2.46. The molecular formula is C30H41N7O7S. The molecule has 14 nitrogen and oxygen atoms in total. The first-order valence-electron chi connectivity index (χ1n) is 15.4. The summed E-state index contributed by atoms with van der Waals surface area (Å²) in [6, 6.07) is 8.31. The van der Waals surface area contributed by atoms with Gasteiger partial charge in [0, 0.05) is 74.3 Å². The van der Waals surface area contributed by atoms with Crippen LogP contribution in [0.15, 0.2) is 46.4 Å². The smallest absolute Gasteiger partial charge is 0.270 e. The molecule has 2 saturated heterocycles. The summed E-state index contributed by atoms with van der Waals surface area (Å²) in [5.74, 6) is -0.635. The highest BCUT2D eigenvalue weighted by Gasteiger charge is 2.36. The van der Waals surface area contributed by atoms with Crippen LogP contribution in [0.4, 0.5) is 22.7 Å². The van der Waals surface area contributed by atoms with Crippen LogP contribution in [0.25, 0.3) is 0 Å². The number of carbonyl (C=O) groups excluding carboxylic acids is 1. The molecule has 1 amide bonds. The van der Waals surface area contributed by atoms with Crippen LogP contribution in [0, 0.1) is 26.1 Å². The van der Waals surface area contributed by atoms with Crippen molar-refractivity contribution in [2.24, 2.45) is 11.0 Å². The quantitative estimate of drug-likeness (QED) is 0.190. The normalized spacial score (nSPS) is 19.4. The highest BCUT2D eigenvalue weighted by molar-refractivity contribution is 7.89. The molecule has 2 aliphatic rings. The van der Waals surface area contributed by atoms with E-state index in [4.69, 9.17) is 0 Å². The maximum Gasteiger partial charge on any atom is 0.270 e. The highest BCUT2D eigenvalue weighted by Crippen LogP contribution is 2.33. The molecule has 1 N–H and O–H groups in total. The van der Waals surface area contributed by atoms with Crippen LogP contribution >= 0.6 is 0 Å². The van der Waals surface area contributed by atoms with Gasteiger partial charge in [-0.15, -0.1) is 0 Å². The second-order valence-electron chi connectivity index (χ2n) is 11.3. The summed E-state index contributed by atoms with van der Waals surface area (Å²) in [7, 11) is -4.28. The van der Waals surface area contributed by atoms with E-state index in [1.165, 1.54) is 34.8 Å². The molecule has 2 fully saturated rings. The van der Waals surface area contributed by atoms with E-state index in [1.54, 1.807) is 11.0 Å². The first kappa shape index (κ1) is 33.8. The van der Waals surface area contributed by atoms with Gasteiger partial charge in [-0.1, -0.05) is 6.92 Å². The number of hydrogen-bond acceptors (Lipinski definition) is 10. The summed E-state index contributed by atoms with van der Waals surface area (Å²) in [6.45, 7) is 7.79. The maximum atomic E-state index is 13.9. The average Bonchev–Trinajstić information content (AvgIpc) is 3.05. The average molecular weight is 644 g/mol. The van der Waals surface area contributed by atoms with Gasteiger partial charge in [0.2, 0.25) is 15.9 Å². The molecule has 0 unspecified atom stereocenters. The van der Waals surface area contributed by atoms with Crippen molar-refractivity contribution in [2.45, 2.75) is 70.2 Å². The van der Waals surface area contributed by atoms with Crippen molar-refractivity contribution in [2.75, 3.05) is 43.0 Å². The lowest BCUT2D eigenvalue weighted by atomic mass is 9.98. The summed E-state index contributed by atoms with van der Waals surface area (Å²) in [4.78, 5) is 38.6. The number of hydrogen-bond donors (Lipinski definition) is 1. The van der Waals surface area contributed by atoms with Crippen LogP contribution in [0.2, 0.25) is 0 Å². The fourth-order valence-electron chi connectivity index (χ4n) is 6.16. The number of hydrazone groups is 1. The molecule has 0 radical (unpaired) electrons. The predicted molar refractivity (Wildman–Crippen MR) is 172 cm³/mol. The zero-order valence-electron chi connectivity index (χ0n) is 25.9. The van der Waals surface area contributed by atoms with Gasteiger partial charge in [0.05, 0.1) is 27.7 Å². The molecule has 0 spiro atoms. The van der Waals surface area contributed by atoms with Gasteiger partial charge in [0.25, 0.3) is 11.4 Å². The SMILES string of the molecule is CC[C@H]1CCCCN1c1ccc([N+](=O)[O-])cc1/C=N\Nc1ccc([N+](=O)[O-])cc1S(=O)(=O)N1CCC[C@@H](C(=O)N(CC)CC)C1. The number of piperidine rings is 2. The van der Waals surface area contributed by atoms with E-state index in [2.05, 4.69) is 22.4 Å². The van der Waals surface area contributed by atoms with Crippen molar-refractivity contribution in [3.05, 3.63) is 62.2 Å². The van der Waals surface area contributed by atoms with Crippen LogP contribution in [0.5, 0.6) is 0 Å². The van der Waals surface area contributed by atoms with E-state index in [9.17, 15) is 33.4 Å². The van der Waals surface area contributed by atoms with E-state index >= 15 is 0 Å². The number of non-ortho nitro benzene ring substituents is 2. The number of nitrogens with one attached hydrogen (secondary N) is 1. The van der Waals surface area contributed by atoms with Crippen molar-refractivity contribution in [1.82, 2.24) is 9.21 Å². The molecular weight excluding hydrogens is 602 g/mol. The Morgan fingerprint density at radius 3 is 2.36 bits per heavy atom. The number of amides is 1. The number of nitro groups is 2. The summed E-state index contributed by atoms with van der Waals surface area (Å²) in [5.41, 5.74) is 3.48. The number of benzene rings is 2. The Morgan fingerprint density at radius 1 is 1.00 bits per heavy atom. The molecule has 45 heavy (non-hydrogen) atoms. The molecule has 0 saturated carbocycles. The van der Waals surface area contributed by atoms with E-state index in [0.29, 0.717) is 31.5 Å². The van der Waals surface area contributed by atoms with Crippen LogP contribution in [-0.4, -0.2) is 78.4 Å². The molecule has 2 aromatic rings. The third-order valence-corrected chi connectivity index (χ3v) is 10.5. The van der Waals surface area contributed by atoms with E-state index < -0.39 is 31.5 Å². The number of nitro benzene ring substituents is 2. The van der Waals surface area contributed by atoms with Crippen molar-refractivity contribution >= 4 is 44.9 Å². The molecule has 0 aromatic heterocycles. The van der Waals surface area contributed by atoms with Crippen molar-refractivity contribution < 1.29 is 23.1 Å². The van der Waals surface area contributed by atoms with Gasteiger partial charge in [-0.2, -0.15) is 9.41 Å². The molecule has 2 atom stereocenters. The molecule has 0 aliphatic carbocycles. The zero-order chi connectivity index (χ0) is 32.7. The Balaban J connectivity index is 1.67. The fraction of sp³-hybridized carbons (Fsp3) is 0.533. The Bertz CT molecular complexity index is 1550. The van der Waals surface area contributed by atoms with Crippen LogP contribution in [0.1, 0.15) is 64.9 Å². The lowest BCUT2D eigenvalue weighted by molar-refractivity contribution is -0.385. The van der Waals surface area contributed by atoms with Crippen molar-refractivity contribution in [3.63, 3.8) is 0 Å². The van der Waals surface area contributed by atoms with Crippen LogP contribution < -0.4 is 10.3 Å². The highest BCUT2D eigenvalue weighted by atomic mass is 32.2. The van der Waals surface area contributed by atoms with Gasteiger partial charge in [-0.25, -0.2) is 8.42 Å². The number of anilines is 2. The molecule has 2 aromatic carbocycles. The van der Waals surface area contributed by atoms with Crippen LogP contribution in [0.3, 0.4) is 0 Å². The second-order valence-corrected chi connectivity index (χ2v) is 13.2. The minimum absolute atomic E-state index is 0.00503. The third-order valence-electron chi connectivity index (χ3n) is 8.62. The van der Waals surface area contributed by atoms with Gasteiger partial charge in [-0.3, -0.25) is 30.4 Å². The molecule has 2 heterocycles. The summed E-state index contributed by atoms with van der Waals surface area (Å²) in [5, 5.41) is 27.4. The summed E-state index contributed by atoms with van der Waals surface area (Å²) in [6.07, 6.45) is 6.43. The van der Waals surface area contributed by atoms with E-state index in [1.807, 2.05) is 13.8 Å². The number of nitrogens with zero attached hydrogens (tertiary/aromatic N) is 6. The topological polar surface area (TPSA) is 172 Å². The van der Waals surface area contributed by atoms with Crippen molar-refractivity contribution in [1.29, 1.82) is 0 Å². The molecule has 15 heteroatoms. The van der Waals surface area contributed by atoms with Gasteiger partial charge in [-0.05, 0) is 64.5 Å². The first-order valence-corrected chi connectivity index (χ1v) is 16.9. The Labute approximate surface area is 263 Å². The molecule has 2 aliphatic heterocycles. The van der Waals surface area contributed by atoms with Crippen LogP contribution in [-0.2, 0) is 14.8 Å². The largest absolute Gasteiger partial charge is 0.368 e. The number of rotatable bonds is 12. The van der Waals surface area contributed by atoms with E-state index in [-0.39, 0.29) is 41.3 Å². The zero-order valence-corrected chi connectivity index (χ0v) is 26.7. The maximum absolute atomic E-state index is 13.9. The third kappa shape index (κ3) is 7.59. The monoisotopic (exact) mass is 643 g/mol. The van der Waals surface area contributed by atoms with Crippen molar-refractivity contribution in [3.8, 4) is 0 Å². The van der Waals surface area contributed by atoms with Gasteiger partial charge >= 0.3 is 0 Å². The molecule has 4 rings (SSSR count). The predicted octanol–water partition coefficient (Wildman–Crippen LogP) is 4.99. The fourth-order valence-corrected chi connectivity index (χ4v) is 7.84. The van der Waals surface area contributed by atoms with Gasteiger partial charge < -0.3 is 9.80 Å². The molecule has 0 bridgehead atoms. The Morgan fingerprint density at radius 2 is 1.69 bits per heavy atom. The minimum Gasteiger partial charge on any atom is -0.368 e. The lowest BCUT2D eigenvalue weighted by Gasteiger charge is -2.38. The van der Waals surface area contributed by atoms with Gasteiger partial charge in [0.15, 0.2) is 0 Å². The summed E-state index contributed by atoms with van der Waals surface area (Å²) >= 11 is 0. The number of carbonyl (C=O) groups is 1. The first-order chi connectivity index (χ1) is 21.5. The van der Waals surface area contributed by atoms with Gasteiger partial charge in [0.1, 0.15) is 4.90 Å². The van der Waals surface area contributed by atoms with E-state index in [0.717, 1.165) is 44.0 Å². The Hall–Kier alpha value is -4.11. The molecule has 244 valence electrons. The standard InChI is InChI=1S/C30H41N7O7S/c1-4-24-11-7-8-17-35(24)28-15-13-25(36(39)40)18-23(28)20-31-32-27-14-12-26(37(41)42)19-29(27)45(43,44)34-16-9-10-22(21-34)30(38)33(5-2)6-3/h12-15,18-20,22,24,32H,4-11,16-17,21H2,1-3H3/b31-20-/t22-,24+/m1/s1. The second kappa shape index (κ2) is 14.8. The number of sulfonamides is 1. The minimum atomic E-state index is -4.28. The summed E-state index contributed by atoms with van der Waals surface area (Å²) < 4.78 is 29.1. The Kier molecular flexibility index (Phi) is 11.1.